The van der Waals surface area contributed by atoms with E-state index >= 15 is 0 Å². The van der Waals surface area contributed by atoms with Gasteiger partial charge in [-0.1, -0.05) is 0 Å². The minimum absolute atomic E-state index is 0.151. The predicted octanol–water partition coefficient (Wildman–Crippen LogP) is 2.80. The van der Waals surface area contributed by atoms with E-state index in [1.165, 1.54) is 11.3 Å². The molecule has 7 heteroatoms. The van der Waals surface area contributed by atoms with Gasteiger partial charge in [-0.05, 0) is 6.07 Å². The molecule has 0 saturated heterocycles. The van der Waals surface area contributed by atoms with Gasteiger partial charge < -0.3 is 5.32 Å². The van der Waals surface area contributed by atoms with Crippen molar-refractivity contribution in [2.75, 3.05) is 5.32 Å². The van der Waals surface area contributed by atoms with Gasteiger partial charge in [-0.25, -0.2) is 9.37 Å². The second-order valence-electron chi connectivity index (χ2n) is 3.25. The Hall–Kier alpha value is -2.02. The van der Waals surface area contributed by atoms with Crippen LogP contribution in [0.3, 0.4) is 0 Å². The molecule has 0 fully saturated rings. The summed E-state index contributed by atoms with van der Waals surface area (Å²) in [5.41, 5.74) is 2.43. The molecule has 0 bridgehead atoms. The van der Waals surface area contributed by atoms with E-state index in [-0.39, 0.29) is 11.4 Å². The quantitative estimate of drug-likeness (QED) is 0.672. The lowest BCUT2D eigenvalue weighted by Gasteiger charge is -2.05. The van der Waals surface area contributed by atoms with E-state index in [1.807, 2.05) is 5.38 Å². The fourth-order valence-electron chi connectivity index (χ4n) is 1.32. The van der Waals surface area contributed by atoms with Gasteiger partial charge in [0, 0.05) is 17.5 Å². The van der Waals surface area contributed by atoms with Crippen molar-refractivity contribution in [1.29, 1.82) is 0 Å². The number of aromatic nitrogens is 1. The van der Waals surface area contributed by atoms with Crippen LogP contribution < -0.4 is 5.32 Å². The standard InChI is InChI=1S/C10H8FN3O2S/c11-7-1-2-10(14(15)16)9(3-7)12-4-8-5-17-6-13-8/h1-3,5-6,12H,4H2. The number of anilines is 1. The van der Waals surface area contributed by atoms with Gasteiger partial charge in [-0.2, -0.15) is 0 Å². The molecule has 0 saturated carbocycles. The van der Waals surface area contributed by atoms with Crippen molar-refractivity contribution in [1.82, 2.24) is 4.98 Å². The van der Waals surface area contributed by atoms with Crippen LogP contribution in [0.2, 0.25) is 0 Å². The highest BCUT2D eigenvalue weighted by Gasteiger charge is 2.14. The van der Waals surface area contributed by atoms with Crippen LogP contribution in [0.1, 0.15) is 5.69 Å². The fraction of sp³-hybridized carbons (Fsp3) is 0.100. The third-order valence-electron chi connectivity index (χ3n) is 2.10. The summed E-state index contributed by atoms with van der Waals surface area (Å²) >= 11 is 1.43. The Morgan fingerprint density at radius 1 is 1.53 bits per heavy atom. The highest BCUT2D eigenvalue weighted by Crippen LogP contribution is 2.25. The van der Waals surface area contributed by atoms with Crippen LogP contribution in [0.5, 0.6) is 0 Å². The van der Waals surface area contributed by atoms with Crippen molar-refractivity contribution in [3.05, 3.63) is 50.7 Å². The lowest BCUT2D eigenvalue weighted by atomic mass is 10.2. The number of benzene rings is 1. The van der Waals surface area contributed by atoms with Crippen molar-refractivity contribution in [3.8, 4) is 0 Å². The largest absolute Gasteiger partial charge is 0.374 e. The van der Waals surface area contributed by atoms with Gasteiger partial charge in [0.05, 0.1) is 22.7 Å². The van der Waals surface area contributed by atoms with Crippen molar-refractivity contribution in [3.63, 3.8) is 0 Å². The molecule has 1 heterocycles. The molecular weight excluding hydrogens is 245 g/mol. The predicted molar refractivity (Wildman–Crippen MR) is 62.5 cm³/mol. The maximum Gasteiger partial charge on any atom is 0.292 e. The minimum atomic E-state index is -0.553. The molecule has 0 aliphatic rings. The molecule has 1 aromatic heterocycles. The molecule has 0 amide bonds. The molecule has 5 nitrogen and oxygen atoms in total. The Balaban J connectivity index is 2.19. The first kappa shape index (κ1) is 11.5. The maximum absolute atomic E-state index is 13.0. The zero-order valence-electron chi connectivity index (χ0n) is 8.59. The van der Waals surface area contributed by atoms with Gasteiger partial charge in [-0.3, -0.25) is 10.1 Å². The number of hydrogen-bond acceptors (Lipinski definition) is 5. The number of halogens is 1. The van der Waals surface area contributed by atoms with Gasteiger partial charge >= 0.3 is 0 Å². The Morgan fingerprint density at radius 3 is 3.00 bits per heavy atom. The van der Waals surface area contributed by atoms with Crippen molar-refractivity contribution < 1.29 is 9.31 Å². The molecule has 1 aromatic carbocycles. The highest BCUT2D eigenvalue weighted by molar-refractivity contribution is 7.07. The Kier molecular flexibility index (Phi) is 3.29. The van der Waals surface area contributed by atoms with Crippen LogP contribution >= 0.6 is 11.3 Å². The first-order valence-electron chi connectivity index (χ1n) is 4.71. The van der Waals surface area contributed by atoms with Crippen molar-refractivity contribution in [2.24, 2.45) is 0 Å². The lowest BCUT2D eigenvalue weighted by Crippen LogP contribution is -2.03. The maximum atomic E-state index is 13.0. The molecule has 0 unspecified atom stereocenters. The Morgan fingerprint density at radius 2 is 2.35 bits per heavy atom. The normalized spacial score (nSPS) is 10.2. The number of rotatable bonds is 4. The first-order chi connectivity index (χ1) is 8.16. The summed E-state index contributed by atoms with van der Waals surface area (Å²) in [6.07, 6.45) is 0. The van der Waals surface area contributed by atoms with Crippen LogP contribution in [-0.4, -0.2) is 9.91 Å². The topological polar surface area (TPSA) is 68.1 Å². The van der Waals surface area contributed by atoms with Crippen LogP contribution in [0.25, 0.3) is 0 Å². The van der Waals surface area contributed by atoms with E-state index in [2.05, 4.69) is 10.3 Å². The second kappa shape index (κ2) is 4.88. The number of nitro groups is 1. The Labute approximate surface area is 100 Å². The second-order valence-corrected chi connectivity index (χ2v) is 3.97. The zero-order chi connectivity index (χ0) is 12.3. The molecule has 17 heavy (non-hydrogen) atoms. The molecule has 2 aromatic rings. The Bertz CT molecular complexity index is 530. The van der Waals surface area contributed by atoms with E-state index in [4.69, 9.17) is 0 Å². The van der Waals surface area contributed by atoms with Gasteiger partial charge in [0.2, 0.25) is 0 Å². The average Bonchev–Trinajstić information content (AvgIpc) is 2.78. The number of nitrogens with one attached hydrogen (secondary N) is 1. The van der Waals surface area contributed by atoms with Crippen LogP contribution in [0.15, 0.2) is 29.1 Å². The molecule has 0 aliphatic carbocycles. The van der Waals surface area contributed by atoms with E-state index in [9.17, 15) is 14.5 Å². The summed E-state index contributed by atoms with van der Waals surface area (Å²) in [5, 5.41) is 15.3. The SMILES string of the molecule is O=[N+]([O-])c1ccc(F)cc1NCc1cscn1. The molecule has 0 radical (unpaired) electrons. The monoisotopic (exact) mass is 253 g/mol. The van der Waals surface area contributed by atoms with Gasteiger partial charge in [0.1, 0.15) is 11.5 Å². The molecule has 0 aliphatic heterocycles. The van der Waals surface area contributed by atoms with Gasteiger partial charge in [-0.15, -0.1) is 11.3 Å². The summed E-state index contributed by atoms with van der Waals surface area (Å²) in [6.45, 7) is 0.327. The van der Waals surface area contributed by atoms with Crippen LogP contribution in [-0.2, 0) is 6.54 Å². The summed E-state index contributed by atoms with van der Waals surface area (Å²) in [7, 11) is 0. The number of thiazole rings is 1. The van der Waals surface area contributed by atoms with Crippen molar-refractivity contribution in [2.45, 2.75) is 6.54 Å². The van der Waals surface area contributed by atoms with E-state index in [1.54, 1.807) is 5.51 Å². The minimum Gasteiger partial charge on any atom is -0.374 e. The highest BCUT2D eigenvalue weighted by atomic mass is 32.1. The zero-order valence-corrected chi connectivity index (χ0v) is 9.41. The first-order valence-corrected chi connectivity index (χ1v) is 5.66. The third-order valence-corrected chi connectivity index (χ3v) is 2.73. The molecule has 1 N–H and O–H groups in total. The number of nitro benzene ring substituents is 1. The molecule has 2 rings (SSSR count). The van der Waals surface area contributed by atoms with Crippen LogP contribution in [0.4, 0.5) is 15.8 Å². The fourth-order valence-corrected chi connectivity index (χ4v) is 1.88. The molecule has 0 atom stereocenters. The van der Waals surface area contributed by atoms with Crippen molar-refractivity contribution >= 4 is 22.7 Å². The number of nitrogens with zero attached hydrogens (tertiary/aromatic N) is 2. The summed E-state index contributed by atoms with van der Waals surface area (Å²) in [4.78, 5) is 14.2. The van der Waals surface area contributed by atoms with Crippen LogP contribution in [0, 0.1) is 15.9 Å². The average molecular weight is 253 g/mol. The summed E-state index contributed by atoms with van der Waals surface area (Å²) in [5.74, 6) is -0.517. The van der Waals surface area contributed by atoms with E-state index in [0.717, 1.165) is 23.9 Å². The smallest absolute Gasteiger partial charge is 0.292 e. The molecular formula is C10H8FN3O2S. The third kappa shape index (κ3) is 2.76. The summed E-state index contributed by atoms with van der Waals surface area (Å²) in [6, 6.07) is 3.30. The molecule has 0 spiro atoms. The summed E-state index contributed by atoms with van der Waals surface area (Å²) < 4.78 is 13.0. The lowest BCUT2D eigenvalue weighted by molar-refractivity contribution is -0.384. The van der Waals surface area contributed by atoms with Gasteiger partial charge in [0.15, 0.2) is 0 Å². The molecule has 88 valence electrons. The number of hydrogen-bond donors (Lipinski definition) is 1. The van der Waals surface area contributed by atoms with E-state index in [0.29, 0.717) is 6.54 Å². The van der Waals surface area contributed by atoms with Gasteiger partial charge in [0.25, 0.3) is 5.69 Å². The van der Waals surface area contributed by atoms with E-state index < -0.39 is 10.7 Å².